The van der Waals surface area contributed by atoms with Crippen molar-refractivity contribution in [2.45, 2.75) is 31.0 Å². The third kappa shape index (κ3) is 3.28. The van der Waals surface area contributed by atoms with Gasteiger partial charge in [-0.3, -0.25) is 0 Å². The van der Waals surface area contributed by atoms with Gasteiger partial charge in [0.05, 0.1) is 0 Å². The smallest absolute Gasteiger partial charge is 0.250 e. The van der Waals surface area contributed by atoms with Gasteiger partial charge in [-0.2, -0.15) is 0 Å². The van der Waals surface area contributed by atoms with Gasteiger partial charge >= 0.3 is 0 Å². The van der Waals surface area contributed by atoms with Gasteiger partial charge in [-0.25, -0.2) is 13.1 Å². The highest BCUT2D eigenvalue weighted by molar-refractivity contribution is 7.91. The van der Waals surface area contributed by atoms with Gasteiger partial charge in [0.15, 0.2) is 0 Å². The molecule has 0 fully saturated rings. The molecule has 16 heavy (non-hydrogen) atoms. The molecule has 0 aliphatic carbocycles. The summed E-state index contributed by atoms with van der Waals surface area (Å²) in [4.78, 5) is 1.01. The lowest BCUT2D eigenvalue weighted by Gasteiger charge is -2.11. The molecule has 0 saturated heterocycles. The van der Waals surface area contributed by atoms with E-state index in [9.17, 15) is 8.42 Å². The van der Waals surface area contributed by atoms with Crippen molar-refractivity contribution >= 4 is 21.4 Å². The maximum absolute atomic E-state index is 12.0. The molecule has 1 aromatic heterocycles. The van der Waals surface area contributed by atoms with Crippen LogP contribution in [0.4, 0.5) is 0 Å². The number of rotatable bonds is 5. The summed E-state index contributed by atoms with van der Waals surface area (Å²) in [6.07, 6.45) is 0. The number of thiophene rings is 1. The zero-order valence-corrected chi connectivity index (χ0v) is 11.6. The van der Waals surface area contributed by atoms with Crippen LogP contribution in [0, 0.1) is 13.8 Å². The molecule has 0 amide bonds. The number of hydrogen-bond donors (Lipinski definition) is 2. The largest absolute Gasteiger partial charge is 0.316 e. The molecule has 1 atom stereocenters. The fourth-order valence-corrected chi connectivity index (χ4v) is 4.13. The summed E-state index contributed by atoms with van der Waals surface area (Å²) in [6.45, 7) is 6.05. The molecule has 1 unspecified atom stereocenters. The van der Waals surface area contributed by atoms with E-state index in [4.69, 9.17) is 0 Å². The lowest BCUT2D eigenvalue weighted by atomic mass is 10.3. The number of hydrogen-bond acceptors (Lipinski definition) is 4. The number of aryl methyl sites for hydroxylation is 2. The highest BCUT2D eigenvalue weighted by Crippen LogP contribution is 2.25. The highest BCUT2D eigenvalue weighted by Gasteiger charge is 2.19. The predicted octanol–water partition coefficient (Wildman–Crippen LogP) is 1.25. The van der Waals surface area contributed by atoms with Crippen LogP contribution in [-0.4, -0.2) is 28.1 Å². The van der Waals surface area contributed by atoms with E-state index in [2.05, 4.69) is 10.0 Å². The van der Waals surface area contributed by atoms with Gasteiger partial charge in [0.1, 0.15) is 4.21 Å². The van der Waals surface area contributed by atoms with E-state index >= 15 is 0 Å². The Bertz CT molecular complexity index is 451. The minimum Gasteiger partial charge on any atom is -0.316 e. The van der Waals surface area contributed by atoms with Gasteiger partial charge in [-0.05, 0) is 39.4 Å². The molecule has 0 aliphatic heterocycles. The molecule has 0 saturated carbocycles. The van der Waals surface area contributed by atoms with Crippen molar-refractivity contribution in [2.24, 2.45) is 0 Å². The Labute approximate surface area is 101 Å². The second kappa shape index (κ2) is 5.27. The summed E-state index contributed by atoms with van der Waals surface area (Å²) < 4.78 is 26.9. The topological polar surface area (TPSA) is 58.2 Å². The van der Waals surface area contributed by atoms with Crippen LogP contribution in [0.1, 0.15) is 17.4 Å². The Morgan fingerprint density at radius 1 is 1.44 bits per heavy atom. The van der Waals surface area contributed by atoms with Gasteiger partial charge in [0.2, 0.25) is 10.0 Å². The molecule has 0 spiro atoms. The van der Waals surface area contributed by atoms with Crippen molar-refractivity contribution in [3.63, 3.8) is 0 Å². The first-order valence-electron chi connectivity index (χ1n) is 5.11. The van der Waals surface area contributed by atoms with Crippen molar-refractivity contribution in [1.29, 1.82) is 0 Å². The average molecular weight is 262 g/mol. The minimum atomic E-state index is -3.35. The molecular formula is C10H18N2O2S2. The maximum atomic E-state index is 12.0. The van der Waals surface area contributed by atoms with Crippen molar-refractivity contribution in [3.8, 4) is 0 Å². The Balaban J connectivity index is 2.82. The molecule has 1 rings (SSSR count). The Morgan fingerprint density at radius 2 is 2.06 bits per heavy atom. The molecule has 6 heteroatoms. The molecule has 1 aromatic rings. The third-order valence-electron chi connectivity index (χ3n) is 2.31. The quantitative estimate of drug-likeness (QED) is 0.839. The summed E-state index contributed by atoms with van der Waals surface area (Å²) in [5, 5.41) is 2.99. The van der Waals surface area contributed by atoms with Crippen molar-refractivity contribution in [3.05, 3.63) is 16.5 Å². The van der Waals surface area contributed by atoms with E-state index < -0.39 is 10.0 Å². The zero-order chi connectivity index (χ0) is 12.3. The molecule has 1 heterocycles. The maximum Gasteiger partial charge on any atom is 0.250 e. The molecular weight excluding hydrogens is 244 g/mol. The Hall–Kier alpha value is -0.430. The Kier molecular flexibility index (Phi) is 4.49. The van der Waals surface area contributed by atoms with E-state index in [-0.39, 0.29) is 6.04 Å². The first-order chi connectivity index (χ1) is 7.36. The van der Waals surface area contributed by atoms with Crippen LogP contribution >= 0.6 is 11.3 Å². The summed E-state index contributed by atoms with van der Waals surface area (Å²) in [5.74, 6) is 0. The first kappa shape index (κ1) is 13.6. The summed E-state index contributed by atoms with van der Waals surface area (Å²) in [6, 6.07) is 2.01. The average Bonchev–Trinajstić information content (AvgIpc) is 2.55. The van der Waals surface area contributed by atoms with Gasteiger partial charge in [0, 0.05) is 17.5 Å². The zero-order valence-electron chi connectivity index (χ0n) is 9.99. The van der Waals surface area contributed by atoms with E-state index in [1.165, 1.54) is 11.3 Å². The van der Waals surface area contributed by atoms with Gasteiger partial charge in [-0.15, -0.1) is 11.3 Å². The molecule has 0 aliphatic rings. The number of likely N-dealkylation sites (N-methyl/N-ethyl adjacent to an activating group) is 1. The van der Waals surface area contributed by atoms with Crippen molar-refractivity contribution in [2.75, 3.05) is 13.6 Å². The second-order valence-corrected chi connectivity index (χ2v) is 7.09. The third-order valence-corrected chi connectivity index (χ3v) is 5.52. The SMILES string of the molecule is CNC(C)CNS(=O)(=O)c1sc(C)cc1C. The van der Waals surface area contributed by atoms with Crippen molar-refractivity contribution < 1.29 is 8.42 Å². The van der Waals surface area contributed by atoms with Crippen LogP contribution in [0.5, 0.6) is 0 Å². The van der Waals surface area contributed by atoms with Gasteiger partial charge in [-0.1, -0.05) is 0 Å². The van der Waals surface area contributed by atoms with Crippen LogP contribution in [0.15, 0.2) is 10.3 Å². The number of sulfonamides is 1. The number of nitrogens with one attached hydrogen (secondary N) is 2. The van der Waals surface area contributed by atoms with Crippen LogP contribution < -0.4 is 10.0 Å². The van der Waals surface area contributed by atoms with Crippen LogP contribution in [0.25, 0.3) is 0 Å². The predicted molar refractivity (Wildman–Crippen MR) is 67.5 cm³/mol. The van der Waals surface area contributed by atoms with E-state index in [0.29, 0.717) is 10.8 Å². The molecule has 92 valence electrons. The molecule has 0 aromatic carbocycles. The fourth-order valence-electron chi connectivity index (χ4n) is 1.29. The second-order valence-electron chi connectivity index (χ2n) is 3.87. The van der Waals surface area contributed by atoms with E-state index in [1.54, 1.807) is 7.05 Å². The lowest BCUT2D eigenvalue weighted by Crippen LogP contribution is -2.37. The lowest BCUT2D eigenvalue weighted by molar-refractivity contribution is 0.555. The molecule has 0 radical (unpaired) electrons. The molecule has 2 N–H and O–H groups in total. The fraction of sp³-hybridized carbons (Fsp3) is 0.600. The van der Waals surface area contributed by atoms with E-state index in [1.807, 2.05) is 26.8 Å². The minimum absolute atomic E-state index is 0.121. The standard InChI is InChI=1S/C10H18N2O2S2/c1-7-5-9(3)15-10(7)16(13,14)12-6-8(2)11-4/h5,8,11-12H,6H2,1-4H3. The molecule has 0 bridgehead atoms. The van der Waals surface area contributed by atoms with Crippen molar-refractivity contribution in [1.82, 2.24) is 10.0 Å². The summed E-state index contributed by atoms with van der Waals surface area (Å²) in [7, 11) is -1.54. The van der Waals surface area contributed by atoms with E-state index in [0.717, 1.165) is 10.4 Å². The summed E-state index contributed by atoms with van der Waals surface area (Å²) in [5.41, 5.74) is 0.812. The highest BCUT2D eigenvalue weighted by atomic mass is 32.2. The summed E-state index contributed by atoms with van der Waals surface area (Å²) >= 11 is 1.31. The van der Waals surface area contributed by atoms with Gasteiger partial charge < -0.3 is 5.32 Å². The normalized spacial score (nSPS) is 14.0. The van der Waals surface area contributed by atoms with Gasteiger partial charge in [0.25, 0.3) is 0 Å². The van der Waals surface area contributed by atoms with Crippen LogP contribution in [-0.2, 0) is 10.0 Å². The Morgan fingerprint density at radius 3 is 2.50 bits per heavy atom. The first-order valence-corrected chi connectivity index (χ1v) is 7.40. The monoisotopic (exact) mass is 262 g/mol. The van der Waals surface area contributed by atoms with Crippen LogP contribution in [0.2, 0.25) is 0 Å². The molecule has 4 nitrogen and oxygen atoms in total. The van der Waals surface area contributed by atoms with Crippen LogP contribution in [0.3, 0.4) is 0 Å².